The van der Waals surface area contributed by atoms with Gasteiger partial charge in [0.05, 0.1) is 27.6 Å². The lowest BCUT2D eigenvalue weighted by Gasteiger charge is -2.10. The molecule has 1 aromatic heterocycles. The van der Waals surface area contributed by atoms with E-state index in [9.17, 15) is 10.1 Å². The summed E-state index contributed by atoms with van der Waals surface area (Å²) in [6.07, 6.45) is 0. The van der Waals surface area contributed by atoms with Gasteiger partial charge in [-0.1, -0.05) is 35.0 Å². The number of benzene rings is 1. The highest BCUT2D eigenvalue weighted by Crippen LogP contribution is 2.29. The van der Waals surface area contributed by atoms with E-state index in [-0.39, 0.29) is 28.6 Å². The summed E-state index contributed by atoms with van der Waals surface area (Å²) in [5.74, 6) is -0.338. The summed E-state index contributed by atoms with van der Waals surface area (Å²) in [7, 11) is 0. The van der Waals surface area contributed by atoms with Crippen LogP contribution in [0, 0.1) is 29.6 Å². The van der Waals surface area contributed by atoms with Crippen LogP contribution in [0.4, 0.5) is 11.5 Å². The molecule has 6 nitrogen and oxygen atoms in total. The van der Waals surface area contributed by atoms with Crippen molar-refractivity contribution in [2.24, 2.45) is 0 Å². The summed E-state index contributed by atoms with van der Waals surface area (Å²) in [5.41, 5.74) is 6.96. The SMILES string of the molecule is Cc1c(C#N)c(N)nc(SCC(=O)Nc2cc(Cl)ccc2Cl)c1C#N. The standard InChI is InChI=1S/C16H11Cl2N5OS/c1-8-10(5-19)15(21)23-16(11(8)6-20)25-7-14(24)22-13-4-9(17)2-3-12(13)18/h2-4H,7H2,1H3,(H2,21,23)(H,22,24). The molecule has 0 radical (unpaired) electrons. The number of hydrogen-bond acceptors (Lipinski definition) is 6. The molecule has 0 aliphatic carbocycles. The second-order valence-electron chi connectivity index (χ2n) is 4.86. The number of amides is 1. The third-order valence-corrected chi connectivity index (χ3v) is 4.75. The zero-order valence-electron chi connectivity index (χ0n) is 12.9. The van der Waals surface area contributed by atoms with Crippen LogP contribution in [-0.2, 0) is 4.79 Å². The monoisotopic (exact) mass is 391 g/mol. The largest absolute Gasteiger partial charge is 0.383 e. The molecule has 0 spiro atoms. The molecule has 1 amide bonds. The van der Waals surface area contributed by atoms with E-state index in [0.717, 1.165) is 11.8 Å². The first-order chi connectivity index (χ1) is 11.9. The second kappa shape index (κ2) is 8.09. The number of nitriles is 2. The molecule has 0 aliphatic heterocycles. The van der Waals surface area contributed by atoms with Crippen molar-refractivity contribution in [2.45, 2.75) is 11.9 Å². The van der Waals surface area contributed by atoms with Crippen LogP contribution in [0.3, 0.4) is 0 Å². The maximum Gasteiger partial charge on any atom is 0.234 e. The first kappa shape index (κ1) is 18.9. The molecule has 126 valence electrons. The normalized spacial score (nSPS) is 9.96. The lowest BCUT2D eigenvalue weighted by atomic mass is 10.1. The Hall–Kier alpha value is -2.45. The molecule has 1 heterocycles. The number of rotatable bonds is 4. The summed E-state index contributed by atoms with van der Waals surface area (Å²) in [4.78, 5) is 16.2. The van der Waals surface area contributed by atoms with Crippen LogP contribution in [0.25, 0.3) is 0 Å². The molecule has 25 heavy (non-hydrogen) atoms. The Morgan fingerprint density at radius 2 is 2.00 bits per heavy atom. The van der Waals surface area contributed by atoms with Gasteiger partial charge in [0, 0.05) is 5.02 Å². The van der Waals surface area contributed by atoms with Crippen LogP contribution in [0.5, 0.6) is 0 Å². The number of hydrogen-bond donors (Lipinski definition) is 2. The van der Waals surface area contributed by atoms with Gasteiger partial charge in [-0.05, 0) is 30.7 Å². The Morgan fingerprint density at radius 1 is 1.32 bits per heavy atom. The third kappa shape index (κ3) is 4.34. The number of nitrogen functional groups attached to an aromatic ring is 1. The summed E-state index contributed by atoms with van der Waals surface area (Å²) in [6.45, 7) is 1.62. The van der Waals surface area contributed by atoms with E-state index >= 15 is 0 Å². The second-order valence-corrected chi connectivity index (χ2v) is 6.67. The minimum absolute atomic E-state index is 0.0185. The molecule has 0 saturated heterocycles. The number of pyridine rings is 1. The van der Waals surface area contributed by atoms with Crippen LogP contribution in [-0.4, -0.2) is 16.6 Å². The van der Waals surface area contributed by atoms with Gasteiger partial charge in [0.1, 0.15) is 23.0 Å². The first-order valence-electron chi connectivity index (χ1n) is 6.85. The third-order valence-electron chi connectivity index (χ3n) is 3.21. The Kier molecular flexibility index (Phi) is 6.11. The summed E-state index contributed by atoms with van der Waals surface area (Å²) < 4.78 is 0. The van der Waals surface area contributed by atoms with Crippen LogP contribution >= 0.6 is 35.0 Å². The molecular weight excluding hydrogens is 381 g/mol. The molecule has 3 N–H and O–H groups in total. The number of anilines is 2. The molecule has 0 bridgehead atoms. The topological polar surface area (TPSA) is 116 Å². The molecule has 2 rings (SSSR count). The van der Waals surface area contributed by atoms with Gasteiger partial charge in [-0.15, -0.1) is 0 Å². The smallest absolute Gasteiger partial charge is 0.234 e. The van der Waals surface area contributed by atoms with E-state index in [1.54, 1.807) is 19.1 Å². The molecule has 0 atom stereocenters. The average molecular weight is 392 g/mol. The van der Waals surface area contributed by atoms with Crippen molar-refractivity contribution in [3.63, 3.8) is 0 Å². The van der Waals surface area contributed by atoms with Gasteiger partial charge in [-0.3, -0.25) is 4.79 Å². The van der Waals surface area contributed by atoms with Gasteiger partial charge in [-0.2, -0.15) is 10.5 Å². The van der Waals surface area contributed by atoms with E-state index in [2.05, 4.69) is 10.3 Å². The van der Waals surface area contributed by atoms with E-state index in [0.29, 0.717) is 26.3 Å². The molecule has 1 aromatic carbocycles. The maximum absolute atomic E-state index is 12.1. The average Bonchev–Trinajstić information content (AvgIpc) is 2.56. The first-order valence-corrected chi connectivity index (χ1v) is 8.59. The van der Waals surface area contributed by atoms with Crippen LogP contribution < -0.4 is 11.1 Å². The fourth-order valence-electron chi connectivity index (χ4n) is 1.99. The van der Waals surface area contributed by atoms with E-state index < -0.39 is 0 Å². The van der Waals surface area contributed by atoms with Crippen molar-refractivity contribution in [2.75, 3.05) is 16.8 Å². The highest BCUT2D eigenvalue weighted by Gasteiger charge is 2.17. The highest BCUT2D eigenvalue weighted by atomic mass is 35.5. The number of aromatic nitrogens is 1. The Balaban J connectivity index is 2.16. The van der Waals surface area contributed by atoms with Crippen LogP contribution in [0.2, 0.25) is 10.0 Å². The van der Waals surface area contributed by atoms with Crippen LogP contribution in [0.1, 0.15) is 16.7 Å². The summed E-state index contributed by atoms with van der Waals surface area (Å²) in [5, 5.41) is 22.1. The van der Waals surface area contributed by atoms with Gasteiger partial charge in [0.2, 0.25) is 5.91 Å². The number of thioether (sulfide) groups is 1. The summed E-state index contributed by atoms with van der Waals surface area (Å²) in [6, 6.07) is 8.64. The van der Waals surface area contributed by atoms with Crippen molar-refractivity contribution in [1.82, 2.24) is 4.98 Å². The zero-order valence-corrected chi connectivity index (χ0v) is 15.3. The predicted molar refractivity (Wildman–Crippen MR) is 98.6 cm³/mol. The fourth-order valence-corrected chi connectivity index (χ4v) is 3.17. The van der Waals surface area contributed by atoms with Crippen LogP contribution in [0.15, 0.2) is 23.2 Å². The summed E-state index contributed by atoms with van der Waals surface area (Å²) >= 11 is 12.9. The van der Waals surface area contributed by atoms with E-state index in [1.165, 1.54) is 6.07 Å². The van der Waals surface area contributed by atoms with Gasteiger partial charge >= 0.3 is 0 Å². The number of halogens is 2. The Bertz CT molecular complexity index is 934. The molecule has 0 aliphatic rings. The van der Waals surface area contributed by atoms with E-state index in [1.807, 2.05) is 12.1 Å². The van der Waals surface area contributed by atoms with Gasteiger partial charge in [0.15, 0.2) is 0 Å². The highest BCUT2D eigenvalue weighted by molar-refractivity contribution is 8.00. The van der Waals surface area contributed by atoms with Crippen molar-refractivity contribution < 1.29 is 4.79 Å². The fraction of sp³-hybridized carbons (Fsp3) is 0.125. The molecular formula is C16H11Cl2N5OS. The lowest BCUT2D eigenvalue weighted by Crippen LogP contribution is -2.15. The zero-order chi connectivity index (χ0) is 18.6. The number of carbonyl (C=O) groups is 1. The van der Waals surface area contributed by atoms with E-state index in [4.69, 9.17) is 34.2 Å². The minimum atomic E-state index is -0.347. The van der Waals surface area contributed by atoms with Crippen molar-refractivity contribution in [3.05, 3.63) is 44.9 Å². The number of carbonyl (C=O) groups excluding carboxylic acids is 1. The molecule has 0 fully saturated rings. The lowest BCUT2D eigenvalue weighted by molar-refractivity contribution is -0.113. The number of nitrogens with two attached hydrogens (primary N) is 1. The van der Waals surface area contributed by atoms with Crippen molar-refractivity contribution >= 4 is 52.4 Å². The predicted octanol–water partition coefficient (Wildman–Crippen LogP) is 3.75. The molecule has 0 saturated carbocycles. The van der Waals surface area contributed by atoms with Crippen molar-refractivity contribution in [3.8, 4) is 12.1 Å². The molecule has 0 unspecified atom stereocenters. The van der Waals surface area contributed by atoms with Gasteiger partial charge in [-0.25, -0.2) is 4.98 Å². The number of nitrogens with one attached hydrogen (secondary N) is 1. The van der Waals surface area contributed by atoms with Gasteiger partial charge in [0.25, 0.3) is 0 Å². The molecule has 2 aromatic rings. The van der Waals surface area contributed by atoms with Crippen molar-refractivity contribution in [1.29, 1.82) is 10.5 Å². The Labute approximate surface area is 158 Å². The Morgan fingerprint density at radius 3 is 2.64 bits per heavy atom. The quantitative estimate of drug-likeness (QED) is 0.766. The maximum atomic E-state index is 12.1. The number of nitrogens with zero attached hydrogens (tertiary/aromatic N) is 3. The minimum Gasteiger partial charge on any atom is -0.383 e. The molecule has 9 heteroatoms. The van der Waals surface area contributed by atoms with Gasteiger partial charge < -0.3 is 11.1 Å².